The Labute approximate surface area is 162 Å². The average molecular weight is 385 g/mol. The van der Waals surface area contributed by atoms with E-state index in [-0.39, 0.29) is 12.3 Å². The second-order valence-corrected chi connectivity index (χ2v) is 7.26. The molecule has 3 aromatic rings. The van der Waals surface area contributed by atoms with Gasteiger partial charge in [-0.1, -0.05) is 22.9 Å². The monoisotopic (exact) mass is 384 g/mol. The van der Waals surface area contributed by atoms with E-state index < -0.39 is 0 Å². The summed E-state index contributed by atoms with van der Waals surface area (Å²) in [5.74, 6) is 1.51. The molecule has 0 bridgehead atoms. The second kappa shape index (κ2) is 7.52. The number of nitrogens with zero attached hydrogens (tertiary/aromatic N) is 5. The van der Waals surface area contributed by atoms with Crippen molar-refractivity contribution in [3.8, 4) is 5.69 Å². The number of hydrogen-bond donors (Lipinski definition) is 1. The third kappa shape index (κ3) is 3.73. The van der Waals surface area contributed by atoms with E-state index in [4.69, 9.17) is 11.6 Å². The standard InChI is InChI=1S/C19H21ClN6O/c1-13-17(23-24-26(13)16-4-2-3-15(20)11-16)12-18(27)25-9-5-14(6-10-25)19-21-7-8-22-19/h2-4,7-8,11,14H,5-6,9-10,12H2,1H3,(H,21,22). The Kier molecular flexibility index (Phi) is 4.94. The van der Waals surface area contributed by atoms with Gasteiger partial charge in [-0.15, -0.1) is 5.10 Å². The molecule has 3 heterocycles. The molecule has 0 unspecified atom stereocenters. The van der Waals surface area contributed by atoms with E-state index >= 15 is 0 Å². The molecule has 0 spiro atoms. The summed E-state index contributed by atoms with van der Waals surface area (Å²) in [4.78, 5) is 22.1. The lowest BCUT2D eigenvalue weighted by molar-refractivity contribution is -0.131. The first-order valence-corrected chi connectivity index (χ1v) is 9.44. The minimum absolute atomic E-state index is 0.0918. The fraction of sp³-hybridized carbons (Fsp3) is 0.368. The van der Waals surface area contributed by atoms with Crippen LogP contribution >= 0.6 is 11.6 Å². The number of likely N-dealkylation sites (tertiary alicyclic amines) is 1. The number of carbonyl (C=O) groups excluding carboxylic acids is 1. The average Bonchev–Trinajstić information content (AvgIpc) is 3.33. The second-order valence-electron chi connectivity index (χ2n) is 6.82. The highest BCUT2D eigenvalue weighted by molar-refractivity contribution is 6.30. The van der Waals surface area contributed by atoms with Gasteiger partial charge in [-0.3, -0.25) is 4.79 Å². The predicted octanol–water partition coefficient (Wildman–Crippen LogP) is 2.90. The van der Waals surface area contributed by atoms with Crippen molar-refractivity contribution in [3.63, 3.8) is 0 Å². The molecule has 140 valence electrons. The SMILES string of the molecule is Cc1c(CC(=O)N2CCC(c3ncc[nH]3)CC2)nnn1-c1cccc(Cl)c1. The third-order valence-electron chi connectivity index (χ3n) is 5.12. The highest BCUT2D eigenvalue weighted by Gasteiger charge is 2.26. The normalized spacial score (nSPS) is 15.3. The summed E-state index contributed by atoms with van der Waals surface area (Å²) >= 11 is 6.06. The number of aromatic nitrogens is 5. The molecule has 2 aromatic heterocycles. The largest absolute Gasteiger partial charge is 0.348 e. The Morgan fingerprint density at radius 1 is 1.33 bits per heavy atom. The maximum Gasteiger partial charge on any atom is 0.228 e. The molecular formula is C19H21ClN6O. The lowest BCUT2D eigenvalue weighted by Crippen LogP contribution is -2.39. The van der Waals surface area contributed by atoms with Crippen LogP contribution in [0.4, 0.5) is 0 Å². The highest BCUT2D eigenvalue weighted by atomic mass is 35.5. The summed E-state index contributed by atoms with van der Waals surface area (Å²) in [5, 5.41) is 9.05. The lowest BCUT2D eigenvalue weighted by Gasteiger charge is -2.31. The van der Waals surface area contributed by atoms with Crippen LogP contribution in [0.25, 0.3) is 5.69 Å². The Morgan fingerprint density at radius 3 is 2.85 bits per heavy atom. The first-order chi connectivity index (χ1) is 13.1. The smallest absolute Gasteiger partial charge is 0.228 e. The number of halogens is 1. The van der Waals surface area contributed by atoms with Gasteiger partial charge in [-0.25, -0.2) is 9.67 Å². The Balaban J connectivity index is 1.40. The van der Waals surface area contributed by atoms with Gasteiger partial charge in [0.1, 0.15) is 5.82 Å². The number of benzene rings is 1. The Morgan fingerprint density at radius 2 is 2.15 bits per heavy atom. The van der Waals surface area contributed by atoms with E-state index in [0.717, 1.165) is 43.1 Å². The van der Waals surface area contributed by atoms with Crippen molar-refractivity contribution in [3.05, 3.63) is 58.9 Å². The molecule has 27 heavy (non-hydrogen) atoms. The summed E-state index contributed by atoms with van der Waals surface area (Å²) in [6.07, 6.45) is 5.73. The Hall–Kier alpha value is -2.67. The van der Waals surface area contributed by atoms with Crippen LogP contribution in [0, 0.1) is 6.92 Å². The van der Waals surface area contributed by atoms with Crippen LogP contribution in [0.1, 0.15) is 36.0 Å². The van der Waals surface area contributed by atoms with Gasteiger partial charge in [-0.2, -0.15) is 0 Å². The van der Waals surface area contributed by atoms with E-state index in [1.807, 2.05) is 42.3 Å². The van der Waals surface area contributed by atoms with Gasteiger partial charge in [-0.05, 0) is 38.0 Å². The maximum atomic E-state index is 12.7. The zero-order valence-corrected chi connectivity index (χ0v) is 15.9. The molecule has 4 rings (SSSR count). The molecule has 7 nitrogen and oxygen atoms in total. The van der Waals surface area contributed by atoms with Crippen LogP contribution in [0.2, 0.25) is 5.02 Å². The number of nitrogens with one attached hydrogen (secondary N) is 1. The topological polar surface area (TPSA) is 79.7 Å². The van der Waals surface area contributed by atoms with Crippen LogP contribution in [0.15, 0.2) is 36.7 Å². The number of carbonyl (C=O) groups is 1. The maximum absolute atomic E-state index is 12.7. The van der Waals surface area contributed by atoms with E-state index in [1.165, 1.54) is 0 Å². The van der Waals surface area contributed by atoms with Gasteiger partial charge >= 0.3 is 0 Å². The highest BCUT2D eigenvalue weighted by Crippen LogP contribution is 2.26. The van der Waals surface area contributed by atoms with Crippen LogP contribution in [-0.2, 0) is 11.2 Å². The summed E-state index contributed by atoms with van der Waals surface area (Å²) in [6.45, 7) is 3.41. The van der Waals surface area contributed by atoms with Crippen LogP contribution < -0.4 is 0 Å². The first kappa shape index (κ1) is 17.7. The molecule has 1 N–H and O–H groups in total. The number of imidazole rings is 1. The molecule has 8 heteroatoms. The van der Waals surface area contributed by atoms with Gasteiger partial charge in [0, 0.05) is 36.4 Å². The van der Waals surface area contributed by atoms with Crippen LogP contribution in [0.5, 0.6) is 0 Å². The molecule has 0 saturated carbocycles. The predicted molar refractivity (Wildman–Crippen MR) is 102 cm³/mol. The number of aromatic amines is 1. The molecule has 1 aliphatic rings. The summed E-state index contributed by atoms with van der Waals surface area (Å²) < 4.78 is 1.72. The molecule has 1 fully saturated rings. The van der Waals surface area contributed by atoms with Crippen molar-refractivity contribution in [1.82, 2.24) is 29.9 Å². The van der Waals surface area contributed by atoms with E-state index in [9.17, 15) is 4.79 Å². The molecule has 0 radical (unpaired) electrons. The molecular weight excluding hydrogens is 364 g/mol. The summed E-state index contributed by atoms with van der Waals surface area (Å²) in [5.41, 5.74) is 2.40. The van der Waals surface area contributed by atoms with Crippen LogP contribution in [0.3, 0.4) is 0 Å². The molecule has 1 aliphatic heterocycles. The van der Waals surface area contributed by atoms with Gasteiger partial charge < -0.3 is 9.88 Å². The summed E-state index contributed by atoms with van der Waals surface area (Å²) in [6, 6.07) is 7.42. The number of hydrogen-bond acceptors (Lipinski definition) is 4. The van der Waals surface area contributed by atoms with Crippen molar-refractivity contribution in [2.75, 3.05) is 13.1 Å². The third-order valence-corrected chi connectivity index (χ3v) is 5.35. The molecule has 1 saturated heterocycles. The number of piperidine rings is 1. The number of H-pyrrole nitrogens is 1. The van der Waals surface area contributed by atoms with E-state index in [1.54, 1.807) is 10.9 Å². The van der Waals surface area contributed by atoms with Gasteiger partial charge in [0.2, 0.25) is 5.91 Å². The quantitative estimate of drug-likeness (QED) is 0.750. The molecule has 0 aliphatic carbocycles. The van der Waals surface area contributed by atoms with Gasteiger partial charge in [0.25, 0.3) is 0 Å². The van der Waals surface area contributed by atoms with E-state index in [2.05, 4.69) is 20.3 Å². The minimum atomic E-state index is 0.0918. The van der Waals surface area contributed by atoms with Crippen molar-refractivity contribution in [2.24, 2.45) is 0 Å². The molecule has 1 aromatic carbocycles. The van der Waals surface area contributed by atoms with Gasteiger partial charge in [0.05, 0.1) is 23.5 Å². The fourth-order valence-electron chi connectivity index (χ4n) is 3.53. The summed E-state index contributed by atoms with van der Waals surface area (Å²) in [7, 11) is 0. The first-order valence-electron chi connectivity index (χ1n) is 9.06. The zero-order valence-electron chi connectivity index (χ0n) is 15.1. The number of amides is 1. The van der Waals surface area contributed by atoms with Crippen LogP contribution in [-0.4, -0.2) is 48.9 Å². The minimum Gasteiger partial charge on any atom is -0.348 e. The number of rotatable bonds is 4. The van der Waals surface area contributed by atoms with Crippen molar-refractivity contribution in [1.29, 1.82) is 0 Å². The van der Waals surface area contributed by atoms with Crippen molar-refractivity contribution >= 4 is 17.5 Å². The van der Waals surface area contributed by atoms with Gasteiger partial charge in [0.15, 0.2) is 0 Å². The zero-order chi connectivity index (χ0) is 18.8. The molecule has 1 amide bonds. The molecule has 0 atom stereocenters. The Bertz CT molecular complexity index is 928. The van der Waals surface area contributed by atoms with Crippen molar-refractivity contribution < 1.29 is 4.79 Å². The van der Waals surface area contributed by atoms with Crippen molar-refractivity contribution in [2.45, 2.75) is 32.1 Å². The lowest BCUT2D eigenvalue weighted by atomic mass is 9.96. The fourth-order valence-corrected chi connectivity index (χ4v) is 3.72. The van der Waals surface area contributed by atoms with E-state index in [0.29, 0.717) is 16.6 Å².